The predicted octanol–water partition coefficient (Wildman–Crippen LogP) is 1.80. The largest absolute Gasteiger partial charge is 0.466 e. The van der Waals surface area contributed by atoms with Gasteiger partial charge in [0.2, 0.25) is 0 Å². The highest BCUT2D eigenvalue weighted by Gasteiger charge is 2.19. The average Bonchev–Trinajstić information content (AvgIpc) is 2.04. The van der Waals surface area contributed by atoms with E-state index in [9.17, 15) is 9.59 Å². The summed E-state index contributed by atoms with van der Waals surface area (Å²) in [5.41, 5.74) is 0. The molecule has 1 atom stereocenters. The molecule has 0 saturated heterocycles. The van der Waals surface area contributed by atoms with E-state index in [1.54, 1.807) is 13.8 Å². The first kappa shape index (κ1) is 12.1. The molecule has 13 heavy (non-hydrogen) atoms. The Morgan fingerprint density at radius 2 is 1.77 bits per heavy atom. The number of ketones is 1. The Morgan fingerprint density at radius 1 is 1.23 bits per heavy atom. The number of carbonyl (C=O) groups is 2. The van der Waals surface area contributed by atoms with Crippen molar-refractivity contribution in [1.29, 1.82) is 0 Å². The first-order valence-corrected chi connectivity index (χ1v) is 4.68. The van der Waals surface area contributed by atoms with Crippen LogP contribution < -0.4 is 0 Å². The number of Topliss-reactive ketones (excluding diaryl/α,β-unsaturated/α-hetero) is 1. The molecular weight excluding hydrogens is 168 g/mol. The van der Waals surface area contributed by atoms with Crippen LogP contribution in [0.5, 0.6) is 0 Å². The van der Waals surface area contributed by atoms with Crippen LogP contribution in [0.15, 0.2) is 0 Å². The quantitative estimate of drug-likeness (QED) is 0.615. The maximum Gasteiger partial charge on any atom is 0.309 e. The minimum Gasteiger partial charge on any atom is -0.466 e. The molecule has 76 valence electrons. The third kappa shape index (κ3) is 4.65. The van der Waals surface area contributed by atoms with E-state index >= 15 is 0 Å². The van der Waals surface area contributed by atoms with Gasteiger partial charge < -0.3 is 4.74 Å². The van der Waals surface area contributed by atoms with E-state index in [4.69, 9.17) is 4.74 Å². The molecule has 0 rings (SSSR count). The fourth-order valence-corrected chi connectivity index (χ4v) is 0.905. The van der Waals surface area contributed by atoms with Gasteiger partial charge in [-0.15, -0.1) is 0 Å². The number of hydrogen-bond donors (Lipinski definition) is 0. The summed E-state index contributed by atoms with van der Waals surface area (Å²) < 4.78 is 4.79. The molecule has 0 heterocycles. The maximum absolute atomic E-state index is 11.3. The summed E-state index contributed by atoms with van der Waals surface area (Å²) in [7, 11) is 0. The van der Waals surface area contributed by atoms with Crippen LogP contribution in [-0.2, 0) is 14.3 Å². The molecule has 0 aromatic carbocycles. The van der Waals surface area contributed by atoms with Crippen molar-refractivity contribution in [3.63, 3.8) is 0 Å². The Hall–Kier alpha value is -0.860. The van der Waals surface area contributed by atoms with E-state index in [-0.39, 0.29) is 30.0 Å². The second-order valence-electron chi connectivity index (χ2n) is 3.48. The minimum atomic E-state index is -0.310. The van der Waals surface area contributed by atoms with Crippen molar-refractivity contribution in [2.24, 2.45) is 11.8 Å². The van der Waals surface area contributed by atoms with E-state index in [0.29, 0.717) is 6.61 Å². The minimum absolute atomic E-state index is 0.00289. The van der Waals surface area contributed by atoms with Crippen LogP contribution in [0.4, 0.5) is 0 Å². The van der Waals surface area contributed by atoms with Gasteiger partial charge in [0.15, 0.2) is 0 Å². The molecule has 0 bridgehead atoms. The summed E-state index contributed by atoms with van der Waals surface area (Å²) in [6.45, 7) is 7.52. The lowest BCUT2D eigenvalue weighted by molar-refractivity contribution is -0.149. The standard InChI is InChI=1S/C10H18O3/c1-5-13-10(12)8(4)6-9(11)7(2)3/h7-8H,5-6H2,1-4H3. The molecule has 1 unspecified atom stereocenters. The van der Waals surface area contributed by atoms with Crippen LogP contribution in [0.2, 0.25) is 0 Å². The Bertz CT molecular complexity index is 185. The fraction of sp³-hybridized carbons (Fsp3) is 0.800. The van der Waals surface area contributed by atoms with Gasteiger partial charge >= 0.3 is 5.97 Å². The summed E-state index contributed by atoms with van der Waals surface area (Å²) in [5, 5.41) is 0. The Labute approximate surface area is 79.5 Å². The van der Waals surface area contributed by atoms with Crippen molar-refractivity contribution < 1.29 is 14.3 Å². The molecule has 0 aliphatic rings. The fourth-order valence-electron chi connectivity index (χ4n) is 0.905. The highest BCUT2D eigenvalue weighted by atomic mass is 16.5. The predicted molar refractivity (Wildman–Crippen MR) is 50.3 cm³/mol. The molecule has 0 radical (unpaired) electrons. The second kappa shape index (κ2) is 5.73. The average molecular weight is 186 g/mol. The number of ether oxygens (including phenoxy) is 1. The highest BCUT2D eigenvalue weighted by Crippen LogP contribution is 2.09. The van der Waals surface area contributed by atoms with Gasteiger partial charge in [-0.2, -0.15) is 0 Å². The van der Waals surface area contributed by atoms with Gasteiger partial charge in [0.05, 0.1) is 12.5 Å². The topological polar surface area (TPSA) is 43.4 Å². The van der Waals surface area contributed by atoms with Crippen LogP contribution >= 0.6 is 0 Å². The molecule has 3 heteroatoms. The van der Waals surface area contributed by atoms with Gasteiger partial charge in [0.1, 0.15) is 5.78 Å². The molecule has 0 aliphatic heterocycles. The number of rotatable bonds is 5. The second-order valence-corrected chi connectivity index (χ2v) is 3.48. The zero-order valence-corrected chi connectivity index (χ0v) is 8.79. The van der Waals surface area contributed by atoms with E-state index in [1.807, 2.05) is 13.8 Å². The van der Waals surface area contributed by atoms with Crippen LogP contribution in [0.1, 0.15) is 34.1 Å². The van der Waals surface area contributed by atoms with Gasteiger partial charge in [-0.1, -0.05) is 20.8 Å². The smallest absolute Gasteiger partial charge is 0.309 e. The zero-order valence-electron chi connectivity index (χ0n) is 8.79. The van der Waals surface area contributed by atoms with E-state index in [1.165, 1.54) is 0 Å². The van der Waals surface area contributed by atoms with Gasteiger partial charge in [-0.25, -0.2) is 0 Å². The van der Waals surface area contributed by atoms with Crippen molar-refractivity contribution in [3.8, 4) is 0 Å². The number of hydrogen-bond acceptors (Lipinski definition) is 3. The third-order valence-electron chi connectivity index (χ3n) is 1.84. The highest BCUT2D eigenvalue weighted by molar-refractivity contribution is 5.85. The van der Waals surface area contributed by atoms with Gasteiger partial charge in [-0.3, -0.25) is 9.59 Å². The first-order chi connectivity index (χ1) is 5.99. The van der Waals surface area contributed by atoms with Gasteiger partial charge in [0, 0.05) is 12.3 Å². The van der Waals surface area contributed by atoms with Crippen LogP contribution in [0.25, 0.3) is 0 Å². The maximum atomic E-state index is 11.3. The normalized spacial score (nSPS) is 12.7. The van der Waals surface area contributed by atoms with E-state index < -0.39 is 0 Å². The SMILES string of the molecule is CCOC(=O)C(C)CC(=O)C(C)C. The first-order valence-electron chi connectivity index (χ1n) is 4.68. The molecule has 0 spiro atoms. The molecule has 0 fully saturated rings. The number of carbonyl (C=O) groups excluding carboxylic acids is 2. The summed E-state index contributed by atoms with van der Waals surface area (Å²) >= 11 is 0. The van der Waals surface area contributed by atoms with E-state index in [2.05, 4.69) is 0 Å². The summed E-state index contributed by atoms with van der Waals surface area (Å²) in [5.74, 6) is -0.483. The monoisotopic (exact) mass is 186 g/mol. The number of esters is 1. The lowest BCUT2D eigenvalue weighted by atomic mass is 9.98. The van der Waals surface area contributed by atoms with Gasteiger partial charge in [-0.05, 0) is 6.92 Å². The Morgan fingerprint density at radius 3 is 2.15 bits per heavy atom. The van der Waals surface area contributed by atoms with Crippen molar-refractivity contribution in [2.45, 2.75) is 34.1 Å². The van der Waals surface area contributed by atoms with Gasteiger partial charge in [0.25, 0.3) is 0 Å². The summed E-state index contributed by atoms with van der Waals surface area (Å²) in [6.07, 6.45) is 0.288. The van der Waals surface area contributed by atoms with Crippen LogP contribution in [-0.4, -0.2) is 18.4 Å². The van der Waals surface area contributed by atoms with Crippen molar-refractivity contribution in [3.05, 3.63) is 0 Å². The van der Waals surface area contributed by atoms with E-state index in [0.717, 1.165) is 0 Å². The zero-order chi connectivity index (χ0) is 10.4. The van der Waals surface area contributed by atoms with Crippen molar-refractivity contribution in [2.75, 3.05) is 6.61 Å². The molecule has 0 N–H and O–H groups in total. The Kier molecular flexibility index (Phi) is 5.35. The lowest BCUT2D eigenvalue weighted by Crippen LogP contribution is -2.20. The van der Waals surface area contributed by atoms with Crippen molar-refractivity contribution in [1.82, 2.24) is 0 Å². The molecular formula is C10H18O3. The third-order valence-corrected chi connectivity index (χ3v) is 1.84. The molecule has 0 aliphatic carbocycles. The lowest BCUT2D eigenvalue weighted by Gasteiger charge is -2.10. The molecule has 3 nitrogen and oxygen atoms in total. The summed E-state index contributed by atoms with van der Waals surface area (Å²) in [6, 6.07) is 0. The molecule has 0 saturated carbocycles. The van der Waals surface area contributed by atoms with Crippen molar-refractivity contribution >= 4 is 11.8 Å². The van der Waals surface area contributed by atoms with Crippen LogP contribution in [0, 0.1) is 11.8 Å². The summed E-state index contributed by atoms with van der Waals surface area (Å²) in [4.78, 5) is 22.4. The van der Waals surface area contributed by atoms with Crippen LogP contribution in [0.3, 0.4) is 0 Å². The molecule has 0 aromatic rings. The Balaban J connectivity index is 3.92. The molecule has 0 aromatic heterocycles. The molecule has 0 amide bonds.